The highest BCUT2D eigenvalue weighted by Gasteiger charge is 2.04. The highest BCUT2D eigenvalue weighted by Crippen LogP contribution is 2.15. The molecule has 0 aliphatic carbocycles. The van der Waals surface area contributed by atoms with E-state index in [0.717, 1.165) is 10.0 Å². The largest absolute Gasteiger partial charge is 0.366 e. The number of benzene rings is 1. The molecule has 0 fully saturated rings. The van der Waals surface area contributed by atoms with E-state index in [4.69, 9.17) is 0 Å². The molecule has 0 saturated heterocycles. The fourth-order valence-corrected chi connectivity index (χ4v) is 1.88. The third-order valence-corrected chi connectivity index (χ3v) is 2.81. The number of anilines is 1. The molecule has 18 heavy (non-hydrogen) atoms. The van der Waals surface area contributed by atoms with Crippen LogP contribution in [-0.4, -0.2) is 9.91 Å². The molecule has 0 spiro atoms. The number of rotatable bonds is 4. The summed E-state index contributed by atoms with van der Waals surface area (Å²) in [6, 6.07) is 10.9. The Balaban J connectivity index is 2.00. The van der Waals surface area contributed by atoms with Crippen molar-refractivity contribution in [3.8, 4) is 0 Å². The van der Waals surface area contributed by atoms with Gasteiger partial charge in [0.25, 0.3) is 5.69 Å². The van der Waals surface area contributed by atoms with Crippen molar-refractivity contribution in [3.05, 3.63) is 62.7 Å². The van der Waals surface area contributed by atoms with Crippen LogP contribution in [0.15, 0.2) is 47.1 Å². The van der Waals surface area contributed by atoms with Gasteiger partial charge in [0.1, 0.15) is 12.0 Å². The standard InChI is InChI=1S/C12H10BrN3O2/c13-10-3-1-2-9(6-10)7-14-12-5-4-11(8-15-12)16(17)18/h1-6,8H,7H2,(H,14,15). The molecule has 1 aromatic heterocycles. The van der Waals surface area contributed by atoms with Crippen molar-refractivity contribution in [2.75, 3.05) is 5.32 Å². The van der Waals surface area contributed by atoms with Crippen LogP contribution in [0.2, 0.25) is 0 Å². The summed E-state index contributed by atoms with van der Waals surface area (Å²) >= 11 is 3.40. The molecule has 1 aromatic carbocycles. The topological polar surface area (TPSA) is 68.1 Å². The fraction of sp³-hybridized carbons (Fsp3) is 0.0833. The van der Waals surface area contributed by atoms with Crippen LogP contribution in [0.1, 0.15) is 5.56 Å². The van der Waals surface area contributed by atoms with E-state index >= 15 is 0 Å². The molecule has 0 aliphatic heterocycles. The van der Waals surface area contributed by atoms with E-state index in [1.165, 1.54) is 12.3 Å². The molecule has 0 unspecified atom stereocenters. The van der Waals surface area contributed by atoms with Crippen LogP contribution >= 0.6 is 15.9 Å². The van der Waals surface area contributed by atoms with Gasteiger partial charge in [-0.25, -0.2) is 4.98 Å². The van der Waals surface area contributed by atoms with E-state index in [-0.39, 0.29) is 5.69 Å². The average molecular weight is 308 g/mol. The van der Waals surface area contributed by atoms with Crippen molar-refractivity contribution in [2.24, 2.45) is 0 Å². The molecule has 0 radical (unpaired) electrons. The predicted octanol–water partition coefficient (Wildman–Crippen LogP) is 3.36. The zero-order valence-electron chi connectivity index (χ0n) is 9.34. The highest BCUT2D eigenvalue weighted by atomic mass is 79.9. The van der Waals surface area contributed by atoms with Crippen molar-refractivity contribution in [3.63, 3.8) is 0 Å². The molecule has 2 aromatic rings. The van der Waals surface area contributed by atoms with Gasteiger partial charge in [-0.15, -0.1) is 0 Å². The van der Waals surface area contributed by atoms with Crippen LogP contribution in [0.4, 0.5) is 11.5 Å². The van der Waals surface area contributed by atoms with Gasteiger partial charge in [-0.1, -0.05) is 28.1 Å². The summed E-state index contributed by atoms with van der Waals surface area (Å²) in [5.41, 5.74) is 1.09. The van der Waals surface area contributed by atoms with E-state index in [9.17, 15) is 10.1 Å². The SMILES string of the molecule is O=[N+]([O-])c1ccc(NCc2cccc(Br)c2)nc1. The van der Waals surface area contributed by atoms with Crippen molar-refractivity contribution < 1.29 is 4.92 Å². The van der Waals surface area contributed by atoms with E-state index in [1.54, 1.807) is 6.07 Å². The molecule has 0 bridgehead atoms. The van der Waals surface area contributed by atoms with Gasteiger partial charge in [0.2, 0.25) is 0 Å². The first-order chi connectivity index (χ1) is 8.65. The van der Waals surface area contributed by atoms with Gasteiger partial charge in [-0.05, 0) is 23.8 Å². The lowest BCUT2D eigenvalue weighted by Crippen LogP contribution is -2.01. The van der Waals surface area contributed by atoms with Gasteiger partial charge in [-0.2, -0.15) is 0 Å². The maximum atomic E-state index is 10.5. The molecule has 0 saturated carbocycles. The van der Waals surface area contributed by atoms with Crippen LogP contribution in [0.25, 0.3) is 0 Å². The number of halogens is 1. The number of nitrogens with one attached hydrogen (secondary N) is 1. The summed E-state index contributed by atoms with van der Waals surface area (Å²) < 4.78 is 1.01. The maximum Gasteiger partial charge on any atom is 0.287 e. The van der Waals surface area contributed by atoms with Crippen LogP contribution in [0, 0.1) is 10.1 Å². The van der Waals surface area contributed by atoms with Crippen molar-refractivity contribution in [2.45, 2.75) is 6.54 Å². The van der Waals surface area contributed by atoms with E-state index in [2.05, 4.69) is 26.2 Å². The van der Waals surface area contributed by atoms with Gasteiger partial charge < -0.3 is 5.32 Å². The molecule has 92 valence electrons. The monoisotopic (exact) mass is 307 g/mol. The third kappa shape index (κ3) is 3.27. The van der Waals surface area contributed by atoms with Crippen LogP contribution in [0.5, 0.6) is 0 Å². The second kappa shape index (κ2) is 5.59. The first-order valence-corrected chi connectivity index (χ1v) is 6.03. The minimum absolute atomic E-state index is 0.0111. The predicted molar refractivity (Wildman–Crippen MR) is 72.4 cm³/mol. The fourth-order valence-electron chi connectivity index (χ4n) is 1.44. The second-order valence-corrected chi connectivity index (χ2v) is 4.56. The van der Waals surface area contributed by atoms with Crippen LogP contribution < -0.4 is 5.32 Å². The lowest BCUT2D eigenvalue weighted by atomic mass is 10.2. The lowest BCUT2D eigenvalue weighted by Gasteiger charge is -2.05. The Kier molecular flexibility index (Phi) is 3.88. The number of aromatic nitrogens is 1. The third-order valence-electron chi connectivity index (χ3n) is 2.32. The molecule has 0 atom stereocenters. The molecular formula is C12H10BrN3O2. The zero-order chi connectivity index (χ0) is 13.0. The molecule has 1 N–H and O–H groups in total. The van der Waals surface area contributed by atoms with Gasteiger partial charge >= 0.3 is 0 Å². The zero-order valence-corrected chi connectivity index (χ0v) is 10.9. The Labute approximate surface area is 112 Å². The van der Waals surface area contributed by atoms with E-state index in [0.29, 0.717) is 12.4 Å². The van der Waals surface area contributed by atoms with Crippen LogP contribution in [0.3, 0.4) is 0 Å². The van der Waals surface area contributed by atoms with Gasteiger partial charge in [0.15, 0.2) is 0 Å². The minimum Gasteiger partial charge on any atom is -0.366 e. The Bertz CT molecular complexity index is 558. The molecule has 6 heteroatoms. The minimum atomic E-state index is -0.467. The summed E-state index contributed by atoms with van der Waals surface area (Å²) in [5, 5.41) is 13.6. The molecule has 1 heterocycles. The Morgan fingerprint density at radius 2 is 2.17 bits per heavy atom. The normalized spacial score (nSPS) is 10.1. The molecular weight excluding hydrogens is 298 g/mol. The first kappa shape index (κ1) is 12.5. The van der Waals surface area contributed by atoms with Crippen molar-refractivity contribution in [1.82, 2.24) is 4.98 Å². The summed E-state index contributed by atoms with van der Waals surface area (Å²) in [7, 11) is 0. The number of nitrogens with zero attached hydrogens (tertiary/aromatic N) is 2. The quantitative estimate of drug-likeness (QED) is 0.694. The summed E-state index contributed by atoms with van der Waals surface area (Å²) in [5.74, 6) is 0.612. The second-order valence-electron chi connectivity index (χ2n) is 3.64. The smallest absolute Gasteiger partial charge is 0.287 e. The number of nitro groups is 1. The van der Waals surface area contributed by atoms with E-state index < -0.39 is 4.92 Å². The van der Waals surface area contributed by atoms with E-state index in [1.807, 2.05) is 24.3 Å². The Morgan fingerprint density at radius 1 is 1.33 bits per heavy atom. The molecule has 5 nitrogen and oxygen atoms in total. The maximum absolute atomic E-state index is 10.5. The molecule has 0 aliphatic rings. The van der Waals surface area contributed by atoms with Gasteiger partial charge in [0.05, 0.1) is 4.92 Å². The summed E-state index contributed by atoms with van der Waals surface area (Å²) in [4.78, 5) is 14.0. The molecule has 0 amide bonds. The Morgan fingerprint density at radius 3 is 2.78 bits per heavy atom. The Hall–Kier alpha value is -1.95. The van der Waals surface area contributed by atoms with Crippen molar-refractivity contribution >= 4 is 27.4 Å². The summed E-state index contributed by atoms with van der Waals surface area (Å²) in [6.45, 7) is 0.615. The van der Waals surface area contributed by atoms with Crippen molar-refractivity contribution in [1.29, 1.82) is 0 Å². The summed E-state index contributed by atoms with van der Waals surface area (Å²) in [6.07, 6.45) is 1.24. The highest BCUT2D eigenvalue weighted by molar-refractivity contribution is 9.10. The molecule has 2 rings (SSSR count). The lowest BCUT2D eigenvalue weighted by molar-refractivity contribution is -0.385. The first-order valence-electron chi connectivity index (χ1n) is 5.24. The van der Waals surface area contributed by atoms with Gasteiger partial charge in [0, 0.05) is 17.1 Å². The van der Waals surface area contributed by atoms with Crippen LogP contribution in [-0.2, 0) is 6.54 Å². The number of hydrogen-bond acceptors (Lipinski definition) is 4. The number of pyridine rings is 1. The number of hydrogen-bond donors (Lipinski definition) is 1. The average Bonchev–Trinajstić information content (AvgIpc) is 2.37. The van der Waals surface area contributed by atoms with Gasteiger partial charge in [-0.3, -0.25) is 10.1 Å².